The van der Waals surface area contributed by atoms with Gasteiger partial charge in [-0.15, -0.1) is 11.3 Å². The normalized spacial score (nSPS) is 12.7. The van der Waals surface area contributed by atoms with Gasteiger partial charge in [0.2, 0.25) is 5.89 Å². The van der Waals surface area contributed by atoms with Crippen LogP contribution in [0.2, 0.25) is 0 Å². The van der Waals surface area contributed by atoms with E-state index in [1.807, 2.05) is 42.6 Å². The average Bonchev–Trinajstić information content (AvgIpc) is 3.45. The molecular formula is C28H31NO5S. The lowest BCUT2D eigenvalue weighted by atomic mass is 9.87. The molecule has 2 aromatic carbocycles. The van der Waals surface area contributed by atoms with E-state index in [0.29, 0.717) is 18.9 Å². The molecule has 0 saturated carbocycles. The van der Waals surface area contributed by atoms with Crippen molar-refractivity contribution in [2.24, 2.45) is 0 Å². The maximum absolute atomic E-state index is 11.5. The van der Waals surface area contributed by atoms with Gasteiger partial charge in [-0.3, -0.25) is 0 Å². The third kappa shape index (κ3) is 5.57. The molecule has 4 aromatic rings. The Kier molecular flexibility index (Phi) is 7.28. The molecule has 2 heterocycles. The molecule has 1 N–H and O–H groups in total. The third-order valence-electron chi connectivity index (χ3n) is 5.97. The van der Waals surface area contributed by atoms with Crippen LogP contribution in [0.4, 0.5) is 0 Å². The van der Waals surface area contributed by atoms with Crippen molar-refractivity contribution in [3.8, 4) is 17.2 Å². The molecule has 0 aliphatic carbocycles. The lowest BCUT2D eigenvalue weighted by Gasteiger charge is -2.18. The van der Waals surface area contributed by atoms with Gasteiger partial charge in [0.1, 0.15) is 23.8 Å². The van der Waals surface area contributed by atoms with Crippen molar-refractivity contribution in [1.29, 1.82) is 0 Å². The van der Waals surface area contributed by atoms with E-state index < -0.39 is 12.1 Å². The summed E-state index contributed by atoms with van der Waals surface area (Å²) in [5, 5.41) is 12.4. The number of oxazole rings is 1. The van der Waals surface area contributed by atoms with Crippen LogP contribution in [0.5, 0.6) is 5.75 Å². The monoisotopic (exact) mass is 493 g/mol. The van der Waals surface area contributed by atoms with Gasteiger partial charge in [-0.25, -0.2) is 9.78 Å². The van der Waals surface area contributed by atoms with Crippen LogP contribution in [0.1, 0.15) is 50.3 Å². The second-order valence-corrected chi connectivity index (χ2v) is 10.4. The first-order valence-corrected chi connectivity index (χ1v) is 12.6. The number of rotatable bonds is 9. The van der Waals surface area contributed by atoms with E-state index in [1.54, 1.807) is 18.3 Å². The minimum atomic E-state index is -0.957. The van der Waals surface area contributed by atoms with Crippen molar-refractivity contribution in [2.75, 3.05) is 6.61 Å². The van der Waals surface area contributed by atoms with Gasteiger partial charge in [0.15, 0.2) is 6.10 Å². The number of aromatic nitrogens is 1. The fraction of sp³-hybridized carbons (Fsp3) is 0.357. The number of aryl methyl sites for hydroxylation is 1. The molecule has 0 aliphatic rings. The van der Waals surface area contributed by atoms with Gasteiger partial charge < -0.3 is 19.0 Å². The fourth-order valence-corrected chi connectivity index (χ4v) is 4.86. The quantitative estimate of drug-likeness (QED) is 0.277. The number of hydrogen-bond donors (Lipinski definition) is 1. The molecule has 35 heavy (non-hydrogen) atoms. The first-order chi connectivity index (χ1) is 16.7. The Morgan fingerprint density at radius 3 is 2.54 bits per heavy atom. The Balaban J connectivity index is 1.51. The van der Waals surface area contributed by atoms with Crippen LogP contribution in [0.3, 0.4) is 0 Å². The predicted octanol–water partition coefficient (Wildman–Crippen LogP) is 6.77. The Hall–Kier alpha value is -3.16. The van der Waals surface area contributed by atoms with E-state index in [4.69, 9.17) is 13.9 Å². The van der Waals surface area contributed by atoms with Crippen molar-refractivity contribution in [1.82, 2.24) is 4.98 Å². The van der Waals surface area contributed by atoms with Crippen LogP contribution in [0.25, 0.3) is 21.5 Å². The zero-order chi connectivity index (χ0) is 25.2. The highest BCUT2D eigenvalue weighted by Crippen LogP contribution is 2.35. The Bertz CT molecular complexity index is 1310. The van der Waals surface area contributed by atoms with Gasteiger partial charge in [-0.1, -0.05) is 39.0 Å². The van der Waals surface area contributed by atoms with Crippen LogP contribution in [-0.4, -0.2) is 28.8 Å². The molecule has 184 valence electrons. The number of fused-ring (bicyclic) bond motifs is 1. The summed E-state index contributed by atoms with van der Waals surface area (Å²) >= 11 is 1.56. The van der Waals surface area contributed by atoms with E-state index in [-0.39, 0.29) is 12.0 Å². The van der Waals surface area contributed by atoms with E-state index in [2.05, 4.69) is 37.9 Å². The Labute approximate surface area is 209 Å². The van der Waals surface area contributed by atoms with Gasteiger partial charge in [0.25, 0.3) is 0 Å². The first-order valence-electron chi connectivity index (χ1n) is 11.7. The minimum Gasteiger partial charge on any atom is -0.486 e. The van der Waals surface area contributed by atoms with Crippen LogP contribution in [-0.2, 0) is 28.0 Å². The number of carbonyl (C=O) groups is 1. The summed E-state index contributed by atoms with van der Waals surface area (Å²) in [4.78, 5) is 16.2. The molecule has 0 amide bonds. The fourth-order valence-electron chi connectivity index (χ4n) is 3.95. The third-order valence-corrected chi connectivity index (χ3v) is 6.90. The van der Waals surface area contributed by atoms with Crippen LogP contribution >= 0.6 is 11.3 Å². The van der Waals surface area contributed by atoms with Crippen molar-refractivity contribution in [3.05, 3.63) is 70.4 Å². The van der Waals surface area contributed by atoms with Gasteiger partial charge in [-0.2, -0.15) is 0 Å². The van der Waals surface area contributed by atoms with Crippen molar-refractivity contribution >= 4 is 27.4 Å². The van der Waals surface area contributed by atoms with Crippen molar-refractivity contribution in [3.63, 3.8) is 0 Å². The highest BCUT2D eigenvalue weighted by molar-refractivity contribution is 7.17. The van der Waals surface area contributed by atoms with Gasteiger partial charge >= 0.3 is 5.97 Å². The molecule has 4 rings (SSSR count). The molecule has 6 nitrogen and oxygen atoms in total. The largest absolute Gasteiger partial charge is 0.486 e. The number of carboxylic acids is 1. The molecule has 1 atom stereocenters. The molecule has 2 aromatic heterocycles. The number of carboxylic acid groups (broad SMARTS) is 1. The SMILES string of the molecule is CCOC(Cc1ccc(OCc2nc(-c3ccc(C(C)(C)C)cc3)oc2C)c2sccc12)C(=O)O. The number of thiophene rings is 1. The van der Waals surface area contributed by atoms with E-state index in [1.165, 1.54) is 5.56 Å². The van der Waals surface area contributed by atoms with Crippen LogP contribution < -0.4 is 4.74 Å². The molecule has 0 aliphatic heterocycles. The van der Waals surface area contributed by atoms with Gasteiger partial charge in [-0.05, 0) is 65.4 Å². The molecule has 0 spiro atoms. The molecular weight excluding hydrogens is 462 g/mol. The predicted molar refractivity (Wildman–Crippen MR) is 138 cm³/mol. The summed E-state index contributed by atoms with van der Waals surface area (Å²) in [7, 11) is 0. The number of aliphatic carboxylic acids is 1. The maximum atomic E-state index is 11.5. The highest BCUT2D eigenvalue weighted by Gasteiger charge is 2.21. The summed E-state index contributed by atoms with van der Waals surface area (Å²) in [6, 6.07) is 14.1. The van der Waals surface area contributed by atoms with Crippen molar-refractivity contribution in [2.45, 2.75) is 59.2 Å². The number of nitrogens with zero attached hydrogens (tertiary/aromatic N) is 1. The maximum Gasteiger partial charge on any atom is 0.333 e. The van der Waals surface area contributed by atoms with Crippen LogP contribution in [0, 0.1) is 6.92 Å². The molecule has 7 heteroatoms. The zero-order valence-corrected chi connectivity index (χ0v) is 21.6. The minimum absolute atomic E-state index is 0.0876. The van der Waals surface area contributed by atoms with Gasteiger partial charge in [0, 0.05) is 18.6 Å². The highest BCUT2D eigenvalue weighted by atomic mass is 32.1. The van der Waals surface area contributed by atoms with E-state index >= 15 is 0 Å². The van der Waals surface area contributed by atoms with Crippen LogP contribution in [0.15, 0.2) is 52.3 Å². The number of benzene rings is 2. The summed E-state index contributed by atoms with van der Waals surface area (Å²) in [6.45, 7) is 10.9. The topological polar surface area (TPSA) is 81.8 Å². The number of hydrogen-bond acceptors (Lipinski definition) is 6. The zero-order valence-electron chi connectivity index (χ0n) is 20.8. The summed E-state index contributed by atoms with van der Waals surface area (Å²) in [6.07, 6.45) is -0.570. The summed E-state index contributed by atoms with van der Waals surface area (Å²) in [5.41, 5.74) is 3.95. The van der Waals surface area contributed by atoms with Gasteiger partial charge in [0.05, 0.1) is 4.70 Å². The summed E-state index contributed by atoms with van der Waals surface area (Å²) in [5.74, 6) is 1.08. The smallest absolute Gasteiger partial charge is 0.333 e. The average molecular weight is 494 g/mol. The second kappa shape index (κ2) is 10.2. The lowest BCUT2D eigenvalue weighted by Crippen LogP contribution is -2.26. The van der Waals surface area contributed by atoms with Crippen molar-refractivity contribution < 1.29 is 23.8 Å². The Morgan fingerprint density at radius 1 is 1.14 bits per heavy atom. The van der Waals surface area contributed by atoms with E-state index in [9.17, 15) is 9.90 Å². The molecule has 0 radical (unpaired) electrons. The first kappa shape index (κ1) is 24.9. The molecule has 1 unspecified atom stereocenters. The lowest BCUT2D eigenvalue weighted by molar-refractivity contribution is -0.149. The molecule has 0 fully saturated rings. The standard InChI is InChI=1S/C28H31NO5S/c1-6-32-24(27(30)31)15-19-9-12-23(25-21(19)13-14-35-25)33-16-22-17(2)34-26(29-22)18-7-10-20(11-8-18)28(3,4)5/h7-14,24H,6,15-16H2,1-5H3,(H,30,31). The van der Waals surface area contributed by atoms with E-state index in [0.717, 1.165) is 38.4 Å². The molecule has 0 bridgehead atoms. The Morgan fingerprint density at radius 2 is 1.89 bits per heavy atom. The number of ether oxygens (including phenoxy) is 2. The summed E-state index contributed by atoms with van der Waals surface area (Å²) < 4.78 is 18.5. The molecule has 0 saturated heterocycles. The second-order valence-electron chi connectivity index (χ2n) is 9.51.